The Hall–Kier alpha value is -3.93. The summed E-state index contributed by atoms with van der Waals surface area (Å²) >= 11 is 6.17. The monoisotopic (exact) mass is 538 g/mol. The lowest BCUT2D eigenvalue weighted by Crippen LogP contribution is -2.66. The van der Waals surface area contributed by atoms with Crippen LogP contribution in [0, 0.1) is 6.92 Å². The van der Waals surface area contributed by atoms with Gasteiger partial charge in [-0.05, 0) is 48.7 Å². The number of aryl methyl sites for hydroxylation is 1. The van der Waals surface area contributed by atoms with E-state index in [9.17, 15) is 24.3 Å². The molecule has 12 heteroatoms. The predicted molar refractivity (Wildman–Crippen MR) is 140 cm³/mol. The highest BCUT2D eigenvalue weighted by atomic mass is 35.5. The van der Waals surface area contributed by atoms with Gasteiger partial charge in [0.05, 0.1) is 11.2 Å². The van der Waals surface area contributed by atoms with E-state index in [0.29, 0.717) is 29.5 Å². The Balaban J connectivity index is 1.28. The summed E-state index contributed by atoms with van der Waals surface area (Å²) in [6.07, 6.45) is 0.0906. The number of urea groups is 1. The summed E-state index contributed by atoms with van der Waals surface area (Å²) in [7, 11) is 0. The zero-order chi connectivity index (χ0) is 27.0. The van der Waals surface area contributed by atoms with Gasteiger partial charge in [-0.25, -0.2) is 4.79 Å². The molecule has 0 saturated carbocycles. The van der Waals surface area contributed by atoms with Gasteiger partial charge >= 0.3 is 6.03 Å². The van der Waals surface area contributed by atoms with Crippen LogP contribution in [0.4, 0.5) is 16.2 Å². The number of amides is 5. The van der Waals surface area contributed by atoms with Crippen molar-refractivity contribution in [2.45, 2.75) is 37.6 Å². The summed E-state index contributed by atoms with van der Waals surface area (Å²) in [5.41, 5.74) is 2.42. The molecule has 0 radical (unpaired) electrons. The number of aliphatic hydroxyl groups excluding tert-OH is 1. The van der Waals surface area contributed by atoms with Crippen molar-refractivity contribution >= 4 is 46.7 Å². The van der Waals surface area contributed by atoms with Gasteiger partial charge in [-0.1, -0.05) is 29.8 Å². The summed E-state index contributed by atoms with van der Waals surface area (Å²) in [5.74, 6) is -1.54. The number of nitrogens with zero attached hydrogens (tertiary/aromatic N) is 1. The highest BCUT2D eigenvalue weighted by Gasteiger charge is 2.43. The van der Waals surface area contributed by atoms with Crippen LogP contribution in [-0.2, 0) is 19.9 Å². The number of nitrogens with one attached hydrogen (secondary N) is 5. The minimum atomic E-state index is -1.38. The summed E-state index contributed by atoms with van der Waals surface area (Å²) in [4.78, 5) is 50.2. The summed E-state index contributed by atoms with van der Waals surface area (Å²) in [6.45, 7) is 2.89. The fraction of sp³-hybridized carbons (Fsp3) is 0.308. The van der Waals surface area contributed by atoms with Gasteiger partial charge in [0.2, 0.25) is 11.8 Å². The van der Waals surface area contributed by atoms with Gasteiger partial charge in [-0.15, -0.1) is 0 Å². The van der Waals surface area contributed by atoms with Crippen molar-refractivity contribution in [1.29, 1.82) is 0 Å². The van der Waals surface area contributed by atoms with Crippen molar-refractivity contribution in [1.82, 2.24) is 20.9 Å². The molecule has 0 aromatic heterocycles. The molecule has 2 aromatic rings. The Labute approximate surface area is 223 Å². The van der Waals surface area contributed by atoms with E-state index in [4.69, 9.17) is 11.6 Å². The smallest absolute Gasteiger partial charge is 0.320 e. The largest absolute Gasteiger partial charge is 0.368 e. The highest BCUT2D eigenvalue weighted by Crippen LogP contribution is 2.30. The fourth-order valence-corrected chi connectivity index (χ4v) is 4.96. The second-order valence-electron chi connectivity index (χ2n) is 9.62. The molecule has 2 aromatic carbocycles. The second-order valence-corrected chi connectivity index (χ2v) is 10.0. The number of piperidine rings is 1. The number of benzene rings is 2. The maximum absolute atomic E-state index is 12.8. The SMILES string of the molecule is Cc1ccc(NC(=O)NC2(c3cccc(NC4=CC(=O)N(C5CCC(=O)NC5=O)C4O)c3)CNC2)cc1Cl. The van der Waals surface area contributed by atoms with Crippen LogP contribution in [-0.4, -0.2) is 59.1 Å². The molecule has 11 nitrogen and oxygen atoms in total. The number of anilines is 2. The first kappa shape index (κ1) is 25.7. The topological polar surface area (TPSA) is 152 Å². The van der Waals surface area contributed by atoms with Crippen molar-refractivity contribution in [2.75, 3.05) is 23.7 Å². The molecular formula is C26H27ClN6O5. The highest BCUT2D eigenvalue weighted by molar-refractivity contribution is 6.31. The van der Waals surface area contributed by atoms with E-state index < -0.39 is 35.5 Å². The van der Waals surface area contributed by atoms with Crippen LogP contribution in [0.15, 0.2) is 54.2 Å². The number of imide groups is 1. The van der Waals surface area contributed by atoms with Crippen LogP contribution < -0.4 is 26.6 Å². The molecule has 2 unspecified atom stereocenters. The Kier molecular flexibility index (Phi) is 6.82. The molecule has 3 aliphatic heterocycles. The average Bonchev–Trinajstić information content (AvgIpc) is 3.11. The molecule has 3 heterocycles. The normalized spacial score (nSPS) is 22.3. The Morgan fingerprint density at radius 1 is 1.13 bits per heavy atom. The number of carbonyl (C=O) groups excluding carboxylic acids is 4. The lowest BCUT2D eigenvalue weighted by Gasteiger charge is -2.43. The minimum absolute atomic E-state index is 0.0887. The Morgan fingerprint density at radius 2 is 1.92 bits per heavy atom. The van der Waals surface area contributed by atoms with Gasteiger partial charge in [0.15, 0.2) is 6.23 Å². The second kappa shape index (κ2) is 10.1. The zero-order valence-electron chi connectivity index (χ0n) is 20.5. The van der Waals surface area contributed by atoms with E-state index in [1.807, 2.05) is 25.1 Å². The maximum Gasteiger partial charge on any atom is 0.320 e. The van der Waals surface area contributed by atoms with Gasteiger partial charge in [-0.2, -0.15) is 0 Å². The van der Waals surface area contributed by atoms with Crippen molar-refractivity contribution < 1.29 is 24.3 Å². The van der Waals surface area contributed by atoms with Crippen molar-refractivity contribution in [3.05, 3.63) is 70.4 Å². The van der Waals surface area contributed by atoms with Gasteiger partial charge in [0.25, 0.3) is 5.91 Å². The first-order chi connectivity index (χ1) is 18.1. The molecule has 0 aliphatic carbocycles. The zero-order valence-corrected chi connectivity index (χ0v) is 21.3. The maximum atomic E-state index is 12.8. The van der Waals surface area contributed by atoms with E-state index in [1.54, 1.807) is 24.3 Å². The van der Waals surface area contributed by atoms with E-state index in [0.717, 1.165) is 16.0 Å². The molecule has 2 atom stereocenters. The summed E-state index contributed by atoms with van der Waals surface area (Å²) in [6, 6.07) is 11.3. The lowest BCUT2D eigenvalue weighted by atomic mass is 9.84. The van der Waals surface area contributed by atoms with Gasteiger partial charge in [0, 0.05) is 42.0 Å². The number of aliphatic hydroxyl groups is 1. The van der Waals surface area contributed by atoms with Crippen molar-refractivity contribution in [3.63, 3.8) is 0 Å². The predicted octanol–water partition coefficient (Wildman–Crippen LogP) is 1.53. The third-order valence-electron chi connectivity index (χ3n) is 6.96. The minimum Gasteiger partial charge on any atom is -0.368 e. The number of carbonyl (C=O) groups is 4. The molecule has 0 bridgehead atoms. The van der Waals surface area contributed by atoms with Crippen LogP contribution in [0.3, 0.4) is 0 Å². The standard InChI is InChI=1S/C26H27ClN6O5/c1-14-5-6-17(10-18(14)27)30-25(38)32-26(12-28-13-26)15-3-2-4-16(9-15)29-19-11-22(35)33(24(19)37)20-7-8-21(34)31-23(20)36/h2-6,9-11,20,24,28-29,37H,7-8,12-13H2,1H3,(H2,30,32,38)(H,31,34,36). The summed E-state index contributed by atoms with van der Waals surface area (Å²) in [5, 5.41) is 25.7. The molecular weight excluding hydrogens is 512 g/mol. The number of rotatable bonds is 6. The van der Waals surface area contributed by atoms with Crippen molar-refractivity contribution in [3.8, 4) is 0 Å². The quantitative estimate of drug-likeness (QED) is 0.305. The van der Waals surface area contributed by atoms with Crippen molar-refractivity contribution in [2.24, 2.45) is 0 Å². The molecule has 2 fully saturated rings. The van der Waals surface area contributed by atoms with Gasteiger partial charge < -0.3 is 26.4 Å². The number of hydrogen-bond donors (Lipinski definition) is 6. The van der Waals surface area contributed by atoms with E-state index in [1.165, 1.54) is 6.08 Å². The van der Waals surface area contributed by atoms with Crippen LogP contribution in [0.5, 0.6) is 0 Å². The molecule has 5 rings (SSSR count). The average molecular weight is 539 g/mol. The number of hydrogen-bond acceptors (Lipinski definition) is 7. The Morgan fingerprint density at radius 3 is 2.61 bits per heavy atom. The fourth-order valence-electron chi connectivity index (χ4n) is 4.78. The molecule has 5 amide bonds. The van der Waals surface area contributed by atoms with Gasteiger partial charge in [-0.3, -0.25) is 24.6 Å². The summed E-state index contributed by atoms with van der Waals surface area (Å²) < 4.78 is 0. The molecule has 0 spiro atoms. The molecule has 38 heavy (non-hydrogen) atoms. The number of halogens is 1. The van der Waals surface area contributed by atoms with Crippen LogP contribution in [0.1, 0.15) is 24.0 Å². The van der Waals surface area contributed by atoms with E-state index in [-0.39, 0.29) is 24.6 Å². The molecule has 6 N–H and O–H groups in total. The van der Waals surface area contributed by atoms with Crippen LogP contribution in [0.2, 0.25) is 5.02 Å². The third-order valence-corrected chi connectivity index (χ3v) is 7.37. The third kappa shape index (κ3) is 4.95. The van der Waals surface area contributed by atoms with E-state index in [2.05, 4.69) is 26.6 Å². The molecule has 198 valence electrons. The lowest BCUT2D eigenvalue weighted by molar-refractivity contribution is -0.148. The molecule has 3 aliphatic rings. The Bertz CT molecular complexity index is 1360. The first-order valence-corrected chi connectivity index (χ1v) is 12.5. The van der Waals surface area contributed by atoms with Gasteiger partial charge in [0.1, 0.15) is 6.04 Å². The van der Waals surface area contributed by atoms with E-state index >= 15 is 0 Å². The van der Waals surface area contributed by atoms with Crippen LogP contribution >= 0.6 is 11.6 Å². The molecule has 2 saturated heterocycles. The van der Waals surface area contributed by atoms with Crippen LogP contribution in [0.25, 0.3) is 0 Å². The first-order valence-electron chi connectivity index (χ1n) is 12.1.